The molecular weight excluding hydrogens is 858 g/mol. The van der Waals surface area contributed by atoms with E-state index in [0.29, 0.717) is 6.42 Å². The van der Waals surface area contributed by atoms with Crippen LogP contribution in [0.5, 0.6) is 0 Å². The Kier molecular flexibility index (Phi) is 52.6. The summed E-state index contributed by atoms with van der Waals surface area (Å²) in [4.78, 5) is 35.2. The average molecular weight is 968 g/mol. The molecule has 0 aliphatic heterocycles. The molecule has 0 rings (SSSR count). The number of ether oxygens (including phenoxy) is 2. The number of phosphoric acid groups is 1. The molecule has 0 aliphatic rings. The van der Waals surface area contributed by atoms with E-state index in [1.807, 2.05) is 0 Å². The third-order valence-electron chi connectivity index (χ3n) is 12.8. The van der Waals surface area contributed by atoms with Crippen LogP contribution in [0.25, 0.3) is 0 Å². The Labute approximate surface area is 414 Å². The van der Waals surface area contributed by atoms with Crippen LogP contribution in [-0.4, -0.2) is 49.3 Å². The summed E-state index contributed by atoms with van der Waals surface area (Å²) in [6, 6.07) is 0. The third kappa shape index (κ3) is 53.7. The minimum absolute atomic E-state index is 0.0554. The molecule has 0 heterocycles. The minimum atomic E-state index is -4.38. The first kappa shape index (κ1) is 65.5. The van der Waals surface area contributed by atoms with Gasteiger partial charge in [-0.05, 0) is 44.9 Å². The van der Waals surface area contributed by atoms with E-state index >= 15 is 0 Å². The van der Waals surface area contributed by atoms with Crippen LogP contribution in [0, 0.1) is 0 Å². The zero-order chi connectivity index (χ0) is 48.8. The largest absolute Gasteiger partial charge is 0.472 e. The molecule has 0 aromatic carbocycles. The first-order valence-corrected chi connectivity index (χ1v) is 30.3. The summed E-state index contributed by atoms with van der Waals surface area (Å²) in [6.45, 7) is 3.79. The van der Waals surface area contributed by atoms with E-state index in [0.717, 1.165) is 44.9 Å². The zero-order valence-electron chi connectivity index (χ0n) is 44.2. The Morgan fingerprint density at radius 1 is 0.448 bits per heavy atom. The molecule has 2 atom stereocenters. The predicted octanol–water partition coefficient (Wildman–Crippen LogP) is 17.9. The lowest BCUT2D eigenvalue weighted by Gasteiger charge is -2.19. The standard InChI is InChI=1S/C57H110NO8P/c1-3-5-7-9-11-13-15-17-19-21-23-25-27-29-31-33-35-37-39-41-43-45-47-49-56(59)63-53-55(54-65-67(61,62)64-52-51-58)66-57(60)50-48-46-44-42-40-38-36-34-32-30-28-26-24-22-20-18-16-14-12-10-8-6-4-2/h16,18,22,24,55H,3-15,17,19-21,23,25-54,58H2,1-2H3,(H,61,62)/b18-16-,24-22-. The number of hydrogen-bond donors (Lipinski definition) is 2. The number of hydrogen-bond acceptors (Lipinski definition) is 8. The summed E-state index contributed by atoms with van der Waals surface area (Å²) in [5.41, 5.74) is 5.38. The average Bonchev–Trinajstić information content (AvgIpc) is 3.32. The van der Waals surface area contributed by atoms with Gasteiger partial charge in [-0.15, -0.1) is 0 Å². The Bertz CT molecular complexity index is 1150. The van der Waals surface area contributed by atoms with Crippen molar-refractivity contribution < 1.29 is 37.6 Å². The molecule has 67 heavy (non-hydrogen) atoms. The van der Waals surface area contributed by atoms with Gasteiger partial charge < -0.3 is 20.1 Å². The summed E-state index contributed by atoms with van der Waals surface area (Å²) in [6.07, 6.45) is 62.3. The summed E-state index contributed by atoms with van der Waals surface area (Å²) in [7, 11) is -4.38. The normalized spacial score (nSPS) is 13.2. The van der Waals surface area contributed by atoms with Gasteiger partial charge >= 0.3 is 19.8 Å². The molecule has 0 radical (unpaired) electrons. The maximum Gasteiger partial charge on any atom is 0.472 e. The van der Waals surface area contributed by atoms with Gasteiger partial charge in [-0.3, -0.25) is 18.6 Å². The van der Waals surface area contributed by atoms with Crippen LogP contribution < -0.4 is 5.73 Å². The summed E-state index contributed by atoms with van der Waals surface area (Å²) in [5.74, 6) is -0.813. The Morgan fingerprint density at radius 3 is 1.13 bits per heavy atom. The number of phosphoric ester groups is 1. The molecule has 10 heteroatoms. The molecule has 0 fully saturated rings. The monoisotopic (exact) mass is 968 g/mol. The molecule has 396 valence electrons. The number of carbonyl (C=O) groups excluding carboxylic acids is 2. The highest BCUT2D eigenvalue weighted by Gasteiger charge is 2.26. The van der Waals surface area contributed by atoms with E-state index in [2.05, 4.69) is 38.2 Å². The van der Waals surface area contributed by atoms with Gasteiger partial charge in [0.2, 0.25) is 0 Å². The fourth-order valence-corrected chi connectivity index (χ4v) is 9.32. The fourth-order valence-electron chi connectivity index (χ4n) is 8.55. The maximum atomic E-state index is 12.7. The van der Waals surface area contributed by atoms with Gasteiger partial charge in [0, 0.05) is 19.4 Å². The molecule has 3 N–H and O–H groups in total. The second kappa shape index (κ2) is 53.8. The highest BCUT2D eigenvalue weighted by molar-refractivity contribution is 7.47. The van der Waals surface area contributed by atoms with Crippen molar-refractivity contribution in [2.75, 3.05) is 26.4 Å². The van der Waals surface area contributed by atoms with Gasteiger partial charge in [0.15, 0.2) is 6.10 Å². The van der Waals surface area contributed by atoms with Gasteiger partial charge in [-0.2, -0.15) is 0 Å². The van der Waals surface area contributed by atoms with E-state index < -0.39 is 26.5 Å². The van der Waals surface area contributed by atoms with Gasteiger partial charge in [-0.1, -0.05) is 263 Å². The highest BCUT2D eigenvalue weighted by Crippen LogP contribution is 2.43. The molecular formula is C57H110NO8P. The minimum Gasteiger partial charge on any atom is -0.462 e. The predicted molar refractivity (Wildman–Crippen MR) is 284 cm³/mol. The SMILES string of the molecule is CCCCCCC/C=C\C/C=C\CCCCCCCCCCCCCC(=O)OC(COC(=O)CCCCCCCCCCCCCCCCCCCCCCCCC)COP(=O)(O)OCCN. The summed E-state index contributed by atoms with van der Waals surface area (Å²) in [5, 5.41) is 0. The second-order valence-electron chi connectivity index (χ2n) is 19.5. The fraction of sp³-hybridized carbons (Fsp3) is 0.895. The van der Waals surface area contributed by atoms with Crippen molar-refractivity contribution in [3.05, 3.63) is 24.3 Å². The van der Waals surface area contributed by atoms with Crippen LogP contribution in [0.1, 0.15) is 296 Å². The van der Waals surface area contributed by atoms with E-state index in [9.17, 15) is 19.0 Å². The molecule has 0 aliphatic carbocycles. The van der Waals surface area contributed by atoms with E-state index in [4.69, 9.17) is 24.3 Å². The topological polar surface area (TPSA) is 134 Å². The Balaban J connectivity index is 3.95. The molecule has 0 amide bonds. The second-order valence-corrected chi connectivity index (χ2v) is 21.0. The summed E-state index contributed by atoms with van der Waals surface area (Å²) < 4.78 is 33.0. The lowest BCUT2D eigenvalue weighted by molar-refractivity contribution is -0.161. The van der Waals surface area contributed by atoms with Crippen molar-refractivity contribution in [3.63, 3.8) is 0 Å². The molecule has 0 bridgehead atoms. The number of allylic oxidation sites excluding steroid dienone is 4. The highest BCUT2D eigenvalue weighted by atomic mass is 31.2. The van der Waals surface area contributed by atoms with Crippen LogP contribution in [-0.2, 0) is 32.7 Å². The quantitative estimate of drug-likeness (QED) is 0.0264. The molecule has 2 unspecified atom stereocenters. The van der Waals surface area contributed by atoms with Crippen LogP contribution in [0.3, 0.4) is 0 Å². The van der Waals surface area contributed by atoms with Gasteiger partial charge in [-0.25, -0.2) is 4.57 Å². The van der Waals surface area contributed by atoms with Crippen LogP contribution in [0.4, 0.5) is 0 Å². The van der Waals surface area contributed by atoms with Crippen molar-refractivity contribution in [2.45, 2.75) is 302 Å². The number of nitrogens with two attached hydrogens (primary N) is 1. The maximum absolute atomic E-state index is 12.7. The first-order chi connectivity index (χ1) is 32.8. The number of rotatable bonds is 55. The number of unbranched alkanes of at least 4 members (excludes halogenated alkanes) is 38. The number of esters is 2. The molecule has 0 spiro atoms. The van der Waals surface area contributed by atoms with Crippen molar-refractivity contribution >= 4 is 19.8 Å². The van der Waals surface area contributed by atoms with E-state index in [-0.39, 0.29) is 38.6 Å². The van der Waals surface area contributed by atoms with Crippen molar-refractivity contribution in [1.29, 1.82) is 0 Å². The lowest BCUT2D eigenvalue weighted by Crippen LogP contribution is -2.29. The van der Waals surface area contributed by atoms with Crippen LogP contribution in [0.2, 0.25) is 0 Å². The number of carbonyl (C=O) groups is 2. The third-order valence-corrected chi connectivity index (χ3v) is 13.8. The first-order valence-electron chi connectivity index (χ1n) is 28.8. The molecule has 0 saturated carbocycles. The lowest BCUT2D eigenvalue weighted by atomic mass is 10.0. The van der Waals surface area contributed by atoms with Crippen molar-refractivity contribution in [1.82, 2.24) is 0 Å². The van der Waals surface area contributed by atoms with E-state index in [1.54, 1.807) is 0 Å². The molecule has 9 nitrogen and oxygen atoms in total. The van der Waals surface area contributed by atoms with Crippen LogP contribution in [0.15, 0.2) is 24.3 Å². The van der Waals surface area contributed by atoms with E-state index in [1.165, 1.54) is 218 Å². The van der Waals surface area contributed by atoms with Gasteiger partial charge in [0.1, 0.15) is 6.61 Å². The summed E-state index contributed by atoms with van der Waals surface area (Å²) >= 11 is 0. The Morgan fingerprint density at radius 2 is 0.776 bits per heavy atom. The zero-order valence-corrected chi connectivity index (χ0v) is 45.1. The van der Waals surface area contributed by atoms with Crippen molar-refractivity contribution in [2.24, 2.45) is 5.73 Å². The smallest absolute Gasteiger partial charge is 0.462 e. The van der Waals surface area contributed by atoms with Crippen molar-refractivity contribution in [3.8, 4) is 0 Å². The van der Waals surface area contributed by atoms with Gasteiger partial charge in [0.05, 0.1) is 13.2 Å². The van der Waals surface area contributed by atoms with Gasteiger partial charge in [0.25, 0.3) is 0 Å². The van der Waals surface area contributed by atoms with Crippen LogP contribution >= 0.6 is 7.82 Å². The molecule has 0 saturated heterocycles. The Hall–Kier alpha value is -1.51. The molecule has 0 aromatic heterocycles. The molecule has 0 aromatic rings.